The molecule has 94 valence electrons. The molecule has 2 rings (SSSR count). The highest BCUT2D eigenvalue weighted by Crippen LogP contribution is 2.16. The van der Waals surface area contributed by atoms with Crippen molar-refractivity contribution in [1.29, 1.82) is 0 Å². The molecule has 0 bridgehead atoms. The van der Waals surface area contributed by atoms with Gasteiger partial charge >= 0.3 is 0 Å². The Morgan fingerprint density at radius 2 is 2.00 bits per heavy atom. The standard InChI is InChI=1S/C13H13BrN2O2/c1-8-3-4-10(5-9(8)2)16-13(18)6-12(17)11(7-14)15-16/h3-6,17H,7H2,1-2H3. The number of aryl methyl sites for hydroxylation is 2. The maximum Gasteiger partial charge on any atom is 0.275 e. The molecule has 1 N–H and O–H groups in total. The van der Waals surface area contributed by atoms with Crippen LogP contribution in [0.5, 0.6) is 5.75 Å². The molecule has 0 spiro atoms. The summed E-state index contributed by atoms with van der Waals surface area (Å²) in [6, 6.07) is 6.86. The minimum Gasteiger partial charge on any atom is -0.506 e. The number of hydrogen-bond donors (Lipinski definition) is 1. The molecule has 0 aliphatic carbocycles. The Labute approximate surface area is 113 Å². The third-order valence-corrected chi connectivity index (χ3v) is 3.38. The summed E-state index contributed by atoms with van der Waals surface area (Å²) < 4.78 is 1.29. The summed E-state index contributed by atoms with van der Waals surface area (Å²) in [5, 5.41) is 14.1. The summed E-state index contributed by atoms with van der Waals surface area (Å²) >= 11 is 3.23. The number of halogens is 1. The zero-order valence-electron chi connectivity index (χ0n) is 10.1. The molecule has 5 heteroatoms. The molecular formula is C13H13BrN2O2. The molecule has 2 aromatic rings. The zero-order chi connectivity index (χ0) is 13.3. The molecule has 0 amide bonds. The first-order valence-corrected chi connectivity index (χ1v) is 6.61. The largest absolute Gasteiger partial charge is 0.506 e. The summed E-state index contributed by atoms with van der Waals surface area (Å²) in [4.78, 5) is 11.8. The number of aromatic hydroxyl groups is 1. The highest BCUT2D eigenvalue weighted by atomic mass is 79.9. The second kappa shape index (κ2) is 4.94. The lowest BCUT2D eigenvalue weighted by molar-refractivity contribution is 0.460. The quantitative estimate of drug-likeness (QED) is 0.867. The predicted molar refractivity (Wildman–Crippen MR) is 73.6 cm³/mol. The highest BCUT2D eigenvalue weighted by Gasteiger charge is 2.08. The van der Waals surface area contributed by atoms with Crippen LogP contribution in [0.1, 0.15) is 16.8 Å². The van der Waals surface area contributed by atoms with Crippen LogP contribution in [-0.4, -0.2) is 14.9 Å². The first kappa shape index (κ1) is 12.8. The van der Waals surface area contributed by atoms with Gasteiger partial charge in [0.1, 0.15) is 11.4 Å². The number of nitrogens with zero attached hydrogens (tertiary/aromatic N) is 2. The van der Waals surface area contributed by atoms with Crippen LogP contribution in [0.15, 0.2) is 29.1 Å². The van der Waals surface area contributed by atoms with Gasteiger partial charge in [0.2, 0.25) is 0 Å². The van der Waals surface area contributed by atoms with Gasteiger partial charge < -0.3 is 5.11 Å². The van der Waals surface area contributed by atoms with E-state index in [-0.39, 0.29) is 11.3 Å². The van der Waals surface area contributed by atoms with Gasteiger partial charge in [-0.05, 0) is 37.1 Å². The average Bonchev–Trinajstić information content (AvgIpc) is 2.33. The van der Waals surface area contributed by atoms with Gasteiger partial charge in [-0.25, -0.2) is 0 Å². The Hall–Kier alpha value is -1.62. The molecule has 18 heavy (non-hydrogen) atoms. The van der Waals surface area contributed by atoms with Gasteiger partial charge in [0.25, 0.3) is 5.56 Å². The molecule has 0 aliphatic heterocycles. The summed E-state index contributed by atoms with van der Waals surface area (Å²) in [7, 11) is 0. The van der Waals surface area contributed by atoms with Crippen LogP contribution in [0, 0.1) is 13.8 Å². The van der Waals surface area contributed by atoms with E-state index in [0.717, 1.165) is 11.1 Å². The van der Waals surface area contributed by atoms with Gasteiger partial charge in [-0.2, -0.15) is 9.78 Å². The third kappa shape index (κ3) is 2.31. The van der Waals surface area contributed by atoms with Crippen LogP contribution < -0.4 is 5.56 Å². The number of benzene rings is 1. The Kier molecular flexibility index (Phi) is 3.52. The van der Waals surface area contributed by atoms with E-state index in [9.17, 15) is 9.90 Å². The molecule has 0 saturated heterocycles. The Morgan fingerprint density at radius 1 is 1.28 bits per heavy atom. The maximum atomic E-state index is 11.8. The van der Waals surface area contributed by atoms with Crippen molar-refractivity contribution in [2.24, 2.45) is 0 Å². The molecule has 0 fully saturated rings. The number of hydrogen-bond acceptors (Lipinski definition) is 3. The maximum absolute atomic E-state index is 11.8. The second-order valence-electron chi connectivity index (χ2n) is 4.13. The first-order valence-electron chi connectivity index (χ1n) is 5.48. The van der Waals surface area contributed by atoms with Gasteiger partial charge in [-0.1, -0.05) is 22.0 Å². The van der Waals surface area contributed by atoms with Crippen LogP contribution in [0.2, 0.25) is 0 Å². The van der Waals surface area contributed by atoms with Crippen LogP contribution >= 0.6 is 15.9 Å². The van der Waals surface area contributed by atoms with Crippen molar-refractivity contribution in [3.63, 3.8) is 0 Å². The molecule has 1 heterocycles. The van der Waals surface area contributed by atoms with E-state index in [1.54, 1.807) is 0 Å². The van der Waals surface area contributed by atoms with E-state index in [1.807, 2.05) is 32.0 Å². The normalized spacial score (nSPS) is 10.6. The summed E-state index contributed by atoms with van der Waals surface area (Å²) in [5.41, 5.74) is 3.04. The number of aromatic nitrogens is 2. The topological polar surface area (TPSA) is 55.1 Å². The van der Waals surface area contributed by atoms with Crippen molar-refractivity contribution < 1.29 is 5.11 Å². The van der Waals surface area contributed by atoms with Crippen LogP contribution in [0.25, 0.3) is 5.69 Å². The van der Waals surface area contributed by atoms with Gasteiger partial charge in [0.05, 0.1) is 11.0 Å². The van der Waals surface area contributed by atoms with Crippen molar-refractivity contribution >= 4 is 15.9 Å². The van der Waals surface area contributed by atoms with Crippen molar-refractivity contribution in [3.05, 3.63) is 51.4 Å². The van der Waals surface area contributed by atoms with Crippen LogP contribution in [0.3, 0.4) is 0 Å². The lowest BCUT2D eigenvalue weighted by Gasteiger charge is -2.09. The van der Waals surface area contributed by atoms with E-state index in [0.29, 0.717) is 16.7 Å². The SMILES string of the molecule is Cc1ccc(-n2nc(CBr)c(O)cc2=O)cc1C. The van der Waals surface area contributed by atoms with Crippen molar-refractivity contribution in [1.82, 2.24) is 9.78 Å². The fourth-order valence-corrected chi connectivity index (χ4v) is 2.02. The molecule has 0 unspecified atom stereocenters. The molecular weight excluding hydrogens is 296 g/mol. The van der Waals surface area contributed by atoms with E-state index in [4.69, 9.17) is 0 Å². The average molecular weight is 309 g/mol. The van der Waals surface area contributed by atoms with Gasteiger partial charge in [0, 0.05) is 6.07 Å². The monoisotopic (exact) mass is 308 g/mol. The minimum atomic E-state index is -0.347. The Morgan fingerprint density at radius 3 is 2.61 bits per heavy atom. The predicted octanol–water partition coefficient (Wildman–Crippen LogP) is 2.45. The molecule has 1 aromatic heterocycles. The van der Waals surface area contributed by atoms with E-state index in [1.165, 1.54) is 10.7 Å². The molecule has 1 aromatic carbocycles. The summed E-state index contributed by atoms with van der Waals surface area (Å²) in [6.45, 7) is 3.99. The van der Waals surface area contributed by atoms with Crippen molar-refractivity contribution in [2.45, 2.75) is 19.2 Å². The van der Waals surface area contributed by atoms with Gasteiger partial charge in [0.15, 0.2) is 0 Å². The minimum absolute atomic E-state index is 0.0861. The van der Waals surface area contributed by atoms with E-state index >= 15 is 0 Å². The Balaban J connectivity index is 2.63. The molecule has 0 aliphatic rings. The summed E-state index contributed by atoms with van der Waals surface area (Å²) in [6.07, 6.45) is 0. The lowest BCUT2D eigenvalue weighted by atomic mass is 10.1. The van der Waals surface area contributed by atoms with Gasteiger partial charge in [-0.3, -0.25) is 4.79 Å². The molecule has 0 radical (unpaired) electrons. The van der Waals surface area contributed by atoms with E-state index < -0.39 is 0 Å². The smallest absolute Gasteiger partial charge is 0.275 e. The zero-order valence-corrected chi connectivity index (χ0v) is 11.7. The fourth-order valence-electron chi connectivity index (χ4n) is 1.62. The number of alkyl halides is 1. The van der Waals surface area contributed by atoms with Crippen molar-refractivity contribution in [2.75, 3.05) is 0 Å². The van der Waals surface area contributed by atoms with Gasteiger partial charge in [-0.15, -0.1) is 0 Å². The molecule has 0 atom stereocenters. The number of rotatable bonds is 2. The lowest BCUT2D eigenvalue weighted by Crippen LogP contribution is -2.21. The van der Waals surface area contributed by atoms with Crippen molar-refractivity contribution in [3.8, 4) is 11.4 Å². The third-order valence-electron chi connectivity index (χ3n) is 2.85. The highest BCUT2D eigenvalue weighted by molar-refractivity contribution is 9.08. The first-order chi connectivity index (χ1) is 8.52. The van der Waals surface area contributed by atoms with Crippen LogP contribution in [0.4, 0.5) is 0 Å². The fraction of sp³-hybridized carbons (Fsp3) is 0.231. The van der Waals surface area contributed by atoms with E-state index in [2.05, 4.69) is 21.0 Å². The Bertz CT molecular complexity index is 650. The second-order valence-corrected chi connectivity index (χ2v) is 4.69. The summed E-state index contributed by atoms with van der Waals surface area (Å²) in [5.74, 6) is -0.0861. The molecule has 0 saturated carbocycles. The van der Waals surface area contributed by atoms with Crippen LogP contribution in [-0.2, 0) is 5.33 Å². The molecule has 4 nitrogen and oxygen atoms in total.